The first kappa shape index (κ1) is 37.4. The van der Waals surface area contributed by atoms with Crippen LogP contribution in [0.5, 0.6) is 23.0 Å². The van der Waals surface area contributed by atoms with E-state index >= 15 is 0 Å². The standard InChI is InChI=1S/C39H52O6SSi2/c1-9-10-29-47(5,6)45-48(7,8)30-11-28-43-34-16-12-31(13-17-34)39(2,3)32-14-18-35(19-15-32)44-36-22-26-38(27-23-36)46(40,41)37-24-20-33(42-4)21-25-37/h12-27H,9-11,28-30H2,1-8H3. The number of benzene rings is 4. The number of rotatable bonds is 17. The van der Waals surface area contributed by atoms with Gasteiger partial charge in [0.05, 0.1) is 23.5 Å². The third kappa shape index (κ3) is 10.1. The molecule has 9 heteroatoms. The zero-order chi connectivity index (χ0) is 35.0. The molecule has 4 aromatic rings. The first-order valence-corrected chi connectivity index (χ1v) is 24.6. The topological polar surface area (TPSA) is 71.1 Å². The van der Waals surface area contributed by atoms with E-state index in [0.29, 0.717) is 23.9 Å². The van der Waals surface area contributed by atoms with Gasteiger partial charge in [-0.25, -0.2) is 8.42 Å². The summed E-state index contributed by atoms with van der Waals surface area (Å²) in [6.45, 7) is 16.8. The van der Waals surface area contributed by atoms with Gasteiger partial charge in [-0.2, -0.15) is 0 Å². The summed E-state index contributed by atoms with van der Waals surface area (Å²) in [5.74, 6) is 2.72. The molecule has 4 aromatic carbocycles. The molecule has 0 saturated carbocycles. The van der Waals surface area contributed by atoms with E-state index in [4.69, 9.17) is 18.3 Å². The lowest BCUT2D eigenvalue weighted by Gasteiger charge is -2.34. The van der Waals surface area contributed by atoms with Crippen molar-refractivity contribution in [3.05, 3.63) is 108 Å². The van der Waals surface area contributed by atoms with E-state index in [1.807, 2.05) is 12.1 Å². The number of methoxy groups -OCH3 is 1. The first-order valence-electron chi connectivity index (χ1n) is 16.9. The lowest BCUT2D eigenvalue weighted by molar-refractivity contribution is 0.314. The Morgan fingerprint density at radius 2 is 1.02 bits per heavy atom. The molecule has 0 fully saturated rings. The molecule has 258 valence electrons. The SMILES string of the molecule is CCCC[Si](C)(C)O[Si](C)(C)CCCOc1ccc(C(C)(C)c2ccc(Oc3ccc(S(=O)(=O)c4ccc(OC)cc4)cc3)cc2)cc1. The molecule has 0 aliphatic rings. The third-order valence-electron chi connectivity index (χ3n) is 8.77. The van der Waals surface area contributed by atoms with Gasteiger partial charge in [0.1, 0.15) is 23.0 Å². The van der Waals surface area contributed by atoms with Crippen LogP contribution in [-0.2, 0) is 19.4 Å². The van der Waals surface area contributed by atoms with Gasteiger partial charge in [0.15, 0.2) is 16.6 Å². The molecule has 0 bridgehead atoms. The Morgan fingerprint density at radius 1 is 0.604 bits per heavy atom. The molecule has 6 nitrogen and oxygen atoms in total. The van der Waals surface area contributed by atoms with Gasteiger partial charge >= 0.3 is 0 Å². The molecule has 0 spiro atoms. The molecule has 0 N–H and O–H groups in total. The fraction of sp³-hybridized carbons (Fsp3) is 0.385. The van der Waals surface area contributed by atoms with E-state index < -0.39 is 26.5 Å². The smallest absolute Gasteiger partial charge is 0.206 e. The zero-order valence-electron chi connectivity index (χ0n) is 29.8. The molecule has 0 heterocycles. The maximum absolute atomic E-state index is 13.0. The van der Waals surface area contributed by atoms with E-state index in [1.54, 1.807) is 55.6 Å². The van der Waals surface area contributed by atoms with Crippen molar-refractivity contribution in [2.24, 2.45) is 0 Å². The average Bonchev–Trinajstić information content (AvgIpc) is 3.06. The number of unbranched alkanes of at least 4 members (excludes halogenated alkanes) is 1. The Balaban J connectivity index is 1.30. The van der Waals surface area contributed by atoms with Gasteiger partial charge < -0.3 is 18.3 Å². The van der Waals surface area contributed by atoms with Gasteiger partial charge in [-0.1, -0.05) is 57.9 Å². The molecule has 0 unspecified atom stereocenters. The molecule has 48 heavy (non-hydrogen) atoms. The van der Waals surface area contributed by atoms with Crippen molar-refractivity contribution in [1.82, 2.24) is 0 Å². The minimum Gasteiger partial charge on any atom is -0.497 e. The van der Waals surface area contributed by atoms with Crippen LogP contribution >= 0.6 is 0 Å². The van der Waals surface area contributed by atoms with Crippen LogP contribution in [0.2, 0.25) is 38.3 Å². The fourth-order valence-electron chi connectivity index (χ4n) is 5.93. The molecule has 0 aliphatic carbocycles. The maximum atomic E-state index is 13.0. The molecule has 0 saturated heterocycles. The molecule has 0 atom stereocenters. The second-order valence-corrected chi connectivity index (χ2v) is 24.9. The Morgan fingerprint density at radius 3 is 1.48 bits per heavy atom. The highest BCUT2D eigenvalue weighted by molar-refractivity contribution is 7.91. The molecule has 0 amide bonds. The molecular weight excluding hydrogens is 653 g/mol. The number of hydrogen-bond acceptors (Lipinski definition) is 6. The quantitative estimate of drug-likeness (QED) is 0.0805. The Labute approximate surface area is 290 Å². The summed E-state index contributed by atoms with van der Waals surface area (Å²) >= 11 is 0. The van der Waals surface area contributed by atoms with Crippen molar-refractivity contribution < 1.29 is 26.7 Å². The lowest BCUT2D eigenvalue weighted by atomic mass is 9.78. The largest absolute Gasteiger partial charge is 0.497 e. The Bertz CT molecular complexity index is 1700. The second kappa shape index (κ2) is 15.9. The summed E-state index contributed by atoms with van der Waals surface area (Å²) in [5, 5.41) is 0. The van der Waals surface area contributed by atoms with Crippen LogP contribution in [0.1, 0.15) is 51.2 Å². The van der Waals surface area contributed by atoms with Crippen molar-refractivity contribution in [2.75, 3.05) is 13.7 Å². The van der Waals surface area contributed by atoms with Crippen molar-refractivity contribution in [3.63, 3.8) is 0 Å². The lowest BCUT2D eigenvalue weighted by Crippen LogP contribution is -2.44. The molecule has 0 aromatic heterocycles. The van der Waals surface area contributed by atoms with E-state index in [1.165, 1.54) is 24.4 Å². The second-order valence-electron chi connectivity index (χ2n) is 14.1. The van der Waals surface area contributed by atoms with Crippen LogP contribution in [-0.4, -0.2) is 38.8 Å². The van der Waals surface area contributed by atoms with Crippen molar-refractivity contribution in [2.45, 2.75) is 93.5 Å². The molecular formula is C39H52O6SSi2. The zero-order valence-corrected chi connectivity index (χ0v) is 32.7. The predicted molar refractivity (Wildman–Crippen MR) is 201 cm³/mol. The summed E-state index contributed by atoms with van der Waals surface area (Å²) in [6.07, 6.45) is 3.50. The summed E-state index contributed by atoms with van der Waals surface area (Å²) in [4.78, 5) is 0.412. The van der Waals surface area contributed by atoms with Crippen LogP contribution in [0.15, 0.2) is 107 Å². The number of sulfone groups is 1. The van der Waals surface area contributed by atoms with Gasteiger partial charge in [-0.05, 0) is 129 Å². The van der Waals surface area contributed by atoms with Crippen molar-refractivity contribution >= 4 is 26.5 Å². The van der Waals surface area contributed by atoms with Crippen molar-refractivity contribution in [1.29, 1.82) is 0 Å². The van der Waals surface area contributed by atoms with E-state index in [-0.39, 0.29) is 15.2 Å². The van der Waals surface area contributed by atoms with Crippen LogP contribution in [0, 0.1) is 0 Å². The predicted octanol–water partition coefficient (Wildman–Crippen LogP) is 10.6. The van der Waals surface area contributed by atoms with Gasteiger partial charge in [-0.15, -0.1) is 0 Å². The third-order valence-corrected chi connectivity index (χ3v) is 18.1. The number of ether oxygens (including phenoxy) is 3. The van der Waals surface area contributed by atoms with Crippen LogP contribution in [0.4, 0.5) is 0 Å². The van der Waals surface area contributed by atoms with Crippen LogP contribution in [0.3, 0.4) is 0 Å². The molecule has 0 radical (unpaired) electrons. The van der Waals surface area contributed by atoms with E-state index in [2.05, 4.69) is 83.4 Å². The fourth-order valence-corrected chi connectivity index (χ4v) is 16.2. The minimum absolute atomic E-state index is 0.201. The average molecular weight is 705 g/mol. The molecule has 4 rings (SSSR count). The Kier molecular flexibility index (Phi) is 12.4. The highest BCUT2D eigenvalue weighted by Crippen LogP contribution is 2.35. The summed E-state index contributed by atoms with van der Waals surface area (Å²) in [7, 11) is -5.39. The maximum Gasteiger partial charge on any atom is 0.206 e. The van der Waals surface area contributed by atoms with Gasteiger partial charge in [0.25, 0.3) is 0 Å². The summed E-state index contributed by atoms with van der Waals surface area (Å²) in [5.41, 5.74) is 2.12. The minimum atomic E-state index is -3.65. The van der Waals surface area contributed by atoms with Gasteiger partial charge in [0, 0.05) is 5.41 Å². The van der Waals surface area contributed by atoms with E-state index in [9.17, 15) is 8.42 Å². The molecule has 0 aliphatic heterocycles. The van der Waals surface area contributed by atoms with Crippen LogP contribution in [0.25, 0.3) is 0 Å². The summed E-state index contributed by atoms with van der Waals surface area (Å²) < 4.78 is 50.1. The van der Waals surface area contributed by atoms with E-state index in [0.717, 1.165) is 23.8 Å². The monoisotopic (exact) mass is 704 g/mol. The Hall–Kier alpha value is -3.38. The highest BCUT2D eigenvalue weighted by atomic mass is 32.2. The normalized spacial score (nSPS) is 12.5. The summed E-state index contributed by atoms with van der Waals surface area (Å²) in [6, 6.07) is 31.6. The first-order chi connectivity index (χ1) is 22.6. The van der Waals surface area contributed by atoms with Gasteiger partial charge in [-0.3, -0.25) is 0 Å². The van der Waals surface area contributed by atoms with Crippen LogP contribution < -0.4 is 14.2 Å². The highest BCUT2D eigenvalue weighted by Gasteiger charge is 2.32. The number of hydrogen-bond donors (Lipinski definition) is 0. The van der Waals surface area contributed by atoms with Crippen molar-refractivity contribution in [3.8, 4) is 23.0 Å². The van der Waals surface area contributed by atoms with Gasteiger partial charge in [0.2, 0.25) is 9.84 Å².